The third-order valence-corrected chi connectivity index (χ3v) is 6.07. The maximum Gasteiger partial charge on any atom is 0.163 e. The molecule has 5 heteroatoms. The number of anilines is 1. The number of rotatable bonds is 7. The number of Topliss-reactive ketones (excluding diaryl/α,β-unsaturated/α-hetero) is 1. The molecule has 160 valence electrons. The van der Waals surface area contributed by atoms with E-state index in [9.17, 15) is 9.90 Å². The lowest BCUT2D eigenvalue weighted by atomic mass is 9.90. The summed E-state index contributed by atoms with van der Waals surface area (Å²) in [7, 11) is 0. The Bertz CT molecular complexity index is 1010. The lowest BCUT2D eigenvalue weighted by Gasteiger charge is -2.22. The summed E-state index contributed by atoms with van der Waals surface area (Å²) in [6.07, 6.45) is 4.12. The molecular weight excluding hydrogens is 388 g/mol. The van der Waals surface area contributed by atoms with Crippen molar-refractivity contribution in [1.82, 2.24) is 4.98 Å². The number of ketones is 1. The van der Waals surface area contributed by atoms with E-state index in [2.05, 4.69) is 11.1 Å². The van der Waals surface area contributed by atoms with Gasteiger partial charge in [-0.2, -0.15) is 0 Å². The molecule has 2 heterocycles. The van der Waals surface area contributed by atoms with Crippen molar-refractivity contribution in [3.8, 4) is 11.1 Å². The normalized spacial score (nSPS) is 15.5. The van der Waals surface area contributed by atoms with Crippen molar-refractivity contribution in [2.45, 2.75) is 31.1 Å². The van der Waals surface area contributed by atoms with E-state index in [4.69, 9.17) is 10.5 Å². The molecule has 0 spiro atoms. The van der Waals surface area contributed by atoms with Crippen LogP contribution in [0.15, 0.2) is 66.9 Å². The topological polar surface area (TPSA) is 85.4 Å². The van der Waals surface area contributed by atoms with Crippen LogP contribution in [0.25, 0.3) is 11.1 Å². The standard InChI is InChI=1S/C26H28N2O3/c27-26-24(14-22(16-28-26)19-10-12-31-13-11-19)20-6-8-21(9-7-20)25(30)15-23(17-29)18-4-2-1-3-5-18/h1-9,14,16,19,23,29H,10-13,15,17H2,(H2,27,28)/t23-/m1/s1. The zero-order valence-electron chi connectivity index (χ0n) is 17.5. The molecule has 5 nitrogen and oxygen atoms in total. The Hall–Kier alpha value is -3.02. The van der Waals surface area contributed by atoms with Crippen molar-refractivity contribution in [3.05, 3.63) is 83.6 Å². The molecule has 3 N–H and O–H groups in total. The Morgan fingerprint density at radius 3 is 2.48 bits per heavy atom. The van der Waals surface area contributed by atoms with E-state index in [1.807, 2.05) is 60.8 Å². The number of pyridine rings is 1. The van der Waals surface area contributed by atoms with Crippen molar-refractivity contribution < 1.29 is 14.6 Å². The smallest absolute Gasteiger partial charge is 0.163 e. The van der Waals surface area contributed by atoms with Crippen LogP contribution in [0.2, 0.25) is 0 Å². The van der Waals surface area contributed by atoms with Crippen LogP contribution < -0.4 is 5.73 Å². The van der Waals surface area contributed by atoms with Crippen LogP contribution in [0.1, 0.15) is 52.6 Å². The first kappa shape index (κ1) is 21.2. The number of carbonyl (C=O) groups is 1. The molecule has 1 atom stereocenters. The van der Waals surface area contributed by atoms with E-state index >= 15 is 0 Å². The van der Waals surface area contributed by atoms with Crippen molar-refractivity contribution in [1.29, 1.82) is 0 Å². The van der Waals surface area contributed by atoms with E-state index in [1.54, 1.807) is 0 Å². The minimum Gasteiger partial charge on any atom is -0.396 e. The van der Waals surface area contributed by atoms with Crippen LogP contribution in [-0.2, 0) is 4.74 Å². The number of hydrogen-bond acceptors (Lipinski definition) is 5. The molecule has 3 aromatic rings. The Labute approximate surface area is 182 Å². The number of ether oxygens (including phenoxy) is 1. The van der Waals surface area contributed by atoms with E-state index in [0.29, 0.717) is 17.3 Å². The van der Waals surface area contributed by atoms with E-state index < -0.39 is 0 Å². The van der Waals surface area contributed by atoms with Gasteiger partial charge in [0.15, 0.2) is 5.78 Å². The highest BCUT2D eigenvalue weighted by Crippen LogP contribution is 2.32. The summed E-state index contributed by atoms with van der Waals surface area (Å²) in [6.45, 7) is 1.49. The molecule has 0 saturated carbocycles. The second kappa shape index (κ2) is 9.86. The molecule has 0 bridgehead atoms. The summed E-state index contributed by atoms with van der Waals surface area (Å²) in [5, 5.41) is 9.75. The summed E-state index contributed by atoms with van der Waals surface area (Å²) in [4.78, 5) is 17.2. The second-order valence-corrected chi connectivity index (χ2v) is 8.08. The van der Waals surface area contributed by atoms with Gasteiger partial charge in [-0.25, -0.2) is 4.98 Å². The third kappa shape index (κ3) is 5.01. The van der Waals surface area contributed by atoms with Gasteiger partial charge in [0.1, 0.15) is 5.82 Å². The van der Waals surface area contributed by atoms with Gasteiger partial charge in [0.25, 0.3) is 0 Å². The number of aromatic nitrogens is 1. The fourth-order valence-electron chi connectivity index (χ4n) is 4.17. The van der Waals surface area contributed by atoms with Gasteiger partial charge in [0, 0.05) is 42.9 Å². The Kier molecular flexibility index (Phi) is 6.75. The summed E-state index contributed by atoms with van der Waals surface area (Å²) in [5.74, 6) is 0.732. The molecule has 1 aliphatic rings. The molecule has 0 unspecified atom stereocenters. The van der Waals surface area contributed by atoms with Gasteiger partial charge in [-0.05, 0) is 41.5 Å². The first-order valence-electron chi connectivity index (χ1n) is 10.8. The lowest BCUT2D eigenvalue weighted by Crippen LogP contribution is -2.14. The van der Waals surface area contributed by atoms with Crippen LogP contribution in [0, 0.1) is 0 Å². The van der Waals surface area contributed by atoms with Crippen molar-refractivity contribution in [3.63, 3.8) is 0 Å². The zero-order valence-corrected chi connectivity index (χ0v) is 17.5. The maximum absolute atomic E-state index is 12.8. The minimum atomic E-state index is -0.204. The summed E-state index contributed by atoms with van der Waals surface area (Å²) < 4.78 is 5.47. The van der Waals surface area contributed by atoms with Crippen LogP contribution in [0.3, 0.4) is 0 Å². The number of nitrogens with zero attached hydrogens (tertiary/aromatic N) is 1. The molecule has 31 heavy (non-hydrogen) atoms. The number of nitrogens with two attached hydrogens (primary N) is 1. The van der Waals surface area contributed by atoms with E-state index in [-0.39, 0.29) is 24.7 Å². The molecule has 4 rings (SSSR count). The van der Waals surface area contributed by atoms with Crippen molar-refractivity contribution in [2.75, 3.05) is 25.6 Å². The van der Waals surface area contributed by atoms with Gasteiger partial charge in [-0.15, -0.1) is 0 Å². The second-order valence-electron chi connectivity index (χ2n) is 8.08. The van der Waals surface area contributed by atoms with Gasteiger partial charge in [0.2, 0.25) is 0 Å². The van der Waals surface area contributed by atoms with Gasteiger partial charge < -0.3 is 15.6 Å². The Balaban J connectivity index is 1.51. The molecule has 2 aromatic carbocycles. The van der Waals surface area contributed by atoms with Crippen LogP contribution in [0.5, 0.6) is 0 Å². The van der Waals surface area contributed by atoms with E-state index in [0.717, 1.165) is 42.7 Å². The fourth-order valence-corrected chi connectivity index (χ4v) is 4.17. The van der Waals surface area contributed by atoms with Crippen molar-refractivity contribution >= 4 is 11.6 Å². The summed E-state index contributed by atoms with van der Waals surface area (Å²) >= 11 is 0. The van der Waals surface area contributed by atoms with Crippen LogP contribution >= 0.6 is 0 Å². The number of aliphatic hydroxyl groups is 1. The average Bonchev–Trinajstić information content (AvgIpc) is 2.84. The van der Waals surface area contributed by atoms with Crippen LogP contribution in [0.4, 0.5) is 5.82 Å². The van der Waals surface area contributed by atoms with Crippen molar-refractivity contribution in [2.24, 2.45) is 0 Å². The molecule has 0 radical (unpaired) electrons. The minimum absolute atomic E-state index is 0.0107. The van der Waals surface area contributed by atoms with Gasteiger partial charge in [0.05, 0.1) is 6.61 Å². The highest BCUT2D eigenvalue weighted by molar-refractivity contribution is 5.97. The number of aliphatic hydroxyl groups excluding tert-OH is 1. The molecule has 1 aliphatic heterocycles. The van der Waals surface area contributed by atoms with Gasteiger partial charge in [-0.3, -0.25) is 4.79 Å². The molecule has 1 aromatic heterocycles. The molecule has 1 fully saturated rings. The number of nitrogen functional groups attached to an aromatic ring is 1. The molecule has 0 amide bonds. The van der Waals surface area contributed by atoms with Crippen LogP contribution in [-0.4, -0.2) is 35.7 Å². The predicted octanol–water partition coefficient (Wildman–Crippen LogP) is 4.57. The van der Waals surface area contributed by atoms with E-state index in [1.165, 1.54) is 5.56 Å². The Morgan fingerprint density at radius 2 is 1.81 bits per heavy atom. The monoisotopic (exact) mass is 416 g/mol. The lowest BCUT2D eigenvalue weighted by molar-refractivity contribution is 0.0853. The average molecular weight is 417 g/mol. The third-order valence-electron chi connectivity index (χ3n) is 6.07. The number of carbonyl (C=O) groups excluding carboxylic acids is 1. The highest BCUT2D eigenvalue weighted by atomic mass is 16.5. The zero-order chi connectivity index (χ0) is 21.6. The highest BCUT2D eigenvalue weighted by Gasteiger charge is 2.19. The predicted molar refractivity (Wildman–Crippen MR) is 122 cm³/mol. The van der Waals surface area contributed by atoms with Gasteiger partial charge >= 0.3 is 0 Å². The number of hydrogen-bond donors (Lipinski definition) is 2. The summed E-state index contributed by atoms with van der Waals surface area (Å²) in [5.41, 5.74) is 10.8. The van der Waals surface area contributed by atoms with Gasteiger partial charge in [-0.1, -0.05) is 54.6 Å². The fraction of sp³-hybridized carbons (Fsp3) is 0.308. The molecule has 1 saturated heterocycles. The first-order chi connectivity index (χ1) is 15.2. The maximum atomic E-state index is 12.8. The first-order valence-corrected chi connectivity index (χ1v) is 10.8. The molecule has 0 aliphatic carbocycles. The quantitative estimate of drug-likeness (QED) is 0.551. The molecular formula is C26H28N2O3. The summed E-state index contributed by atoms with van der Waals surface area (Å²) in [6, 6.07) is 19.3. The SMILES string of the molecule is Nc1ncc(C2CCOCC2)cc1-c1ccc(C(=O)C[C@H](CO)c2ccccc2)cc1. The number of benzene rings is 2. The Morgan fingerprint density at radius 1 is 1.10 bits per heavy atom. The largest absolute Gasteiger partial charge is 0.396 e.